The van der Waals surface area contributed by atoms with Crippen LogP contribution in [-0.2, 0) is 0 Å². The summed E-state index contributed by atoms with van der Waals surface area (Å²) in [4.78, 5) is 0.140. The van der Waals surface area contributed by atoms with Crippen molar-refractivity contribution in [3.8, 4) is 6.07 Å². The Balaban J connectivity index is 2.36. The van der Waals surface area contributed by atoms with Gasteiger partial charge in [0.25, 0.3) is 0 Å². The van der Waals surface area contributed by atoms with E-state index in [1.54, 1.807) is 36.4 Å². The average molecular weight is 255 g/mol. The van der Waals surface area contributed by atoms with Gasteiger partial charge in [-0.3, -0.25) is 0 Å². The Morgan fingerprint density at radius 3 is 2.35 bits per heavy atom. The van der Waals surface area contributed by atoms with Crippen molar-refractivity contribution in [2.45, 2.75) is 17.3 Å². The lowest BCUT2D eigenvalue weighted by molar-refractivity contribution is -0.130. The standard InChI is InChI=1S/C12H8F3NS/c13-12(14,15)11-10(6-9(7-16)17-11)8-4-2-1-3-5-8/h1-6,10-11H. The molecule has 0 saturated heterocycles. The summed E-state index contributed by atoms with van der Waals surface area (Å²) in [5, 5.41) is 7.15. The van der Waals surface area contributed by atoms with E-state index in [-0.39, 0.29) is 4.91 Å². The fraction of sp³-hybridized carbons (Fsp3) is 0.250. The Morgan fingerprint density at radius 2 is 1.82 bits per heavy atom. The van der Waals surface area contributed by atoms with Gasteiger partial charge in [-0.25, -0.2) is 0 Å². The molecule has 0 saturated carbocycles. The van der Waals surface area contributed by atoms with Crippen molar-refractivity contribution in [2.75, 3.05) is 0 Å². The van der Waals surface area contributed by atoms with E-state index in [2.05, 4.69) is 0 Å². The van der Waals surface area contributed by atoms with E-state index in [4.69, 9.17) is 5.26 Å². The number of hydrogen-bond acceptors (Lipinski definition) is 2. The maximum atomic E-state index is 12.8. The smallest absolute Gasteiger partial charge is 0.192 e. The SMILES string of the molecule is N#CC1=CC(c2ccccc2)C(C(F)(F)F)S1. The van der Waals surface area contributed by atoms with Crippen LogP contribution in [0.15, 0.2) is 41.3 Å². The molecule has 1 aliphatic heterocycles. The molecule has 0 aliphatic carbocycles. The van der Waals surface area contributed by atoms with Crippen LogP contribution in [0.2, 0.25) is 0 Å². The van der Waals surface area contributed by atoms with Gasteiger partial charge in [-0.2, -0.15) is 18.4 Å². The number of benzene rings is 1. The molecule has 0 radical (unpaired) electrons. The number of nitrogens with zero attached hydrogens (tertiary/aromatic N) is 1. The molecule has 0 amide bonds. The lowest BCUT2D eigenvalue weighted by atomic mass is 9.95. The molecular formula is C12H8F3NS. The van der Waals surface area contributed by atoms with Crippen molar-refractivity contribution in [2.24, 2.45) is 0 Å². The first-order valence-corrected chi connectivity index (χ1v) is 5.80. The van der Waals surface area contributed by atoms with Crippen LogP contribution in [0.3, 0.4) is 0 Å². The van der Waals surface area contributed by atoms with E-state index in [1.807, 2.05) is 0 Å². The normalized spacial score (nSPS) is 24.2. The molecule has 0 bridgehead atoms. The van der Waals surface area contributed by atoms with Gasteiger partial charge in [0.05, 0.1) is 4.91 Å². The highest BCUT2D eigenvalue weighted by Crippen LogP contribution is 2.49. The maximum Gasteiger partial charge on any atom is 0.401 e. The lowest BCUT2D eigenvalue weighted by Crippen LogP contribution is -2.28. The first kappa shape index (κ1) is 12.1. The first-order chi connectivity index (χ1) is 8.02. The Hall–Kier alpha value is -1.41. The number of hydrogen-bond donors (Lipinski definition) is 0. The minimum absolute atomic E-state index is 0.140. The summed E-state index contributed by atoms with van der Waals surface area (Å²) in [7, 11) is 0. The third kappa shape index (κ3) is 2.47. The van der Waals surface area contributed by atoms with Crippen molar-refractivity contribution in [3.05, 3.63) is 46.9 Å². The second-order valence-electron chi connectivity index (χ2n) is 3.66. The highest BCUT2D eigenvalue weighted by atomic mass is 32.2. The summed E-state index contributed by atoms with van der Waals surface area (Å²) in [5.41, 5.74) is 0.590. The minimum Gasteiger partial charge on any atom is -0.192 e. The fourth-order valence-corrected chi connectivity index (χ4v) is 2.85. The summed E-state index contributed by atoms with van der Waals surface area (Å²) in [6, 6.07) is 10.3. The van der Waals surface area contributed by atoms with Gasteiger partial charge in [0.15, 0.2) is 0 Å². The molecule has 0 spiro atoms. The van der Waals surface area contributed by atoms with Gasteiger partial charge in [0.1, 0.15) is 11.3 Å². The Labute approximate surface area is 101 Å². The van der Waals surface area contributed by atoms with Crippen LogP contribution >= 0.6 is 11.8 Å². The van der Waals surface area contributed by atoms with Crippen molar-refractivity contribution in [1.82, 2.24) is 0 Å². The van der Waals surface area contributed by atoms with E-state index in [0.29, 0.717) is 17.3 Å². The monoisotopic (exact) mass is 255 g/mol. The van der Waals surface area contributed by atoms with E-state index in [9.17, 15) is 13.2 Å². The summed E-state index contributed by atoms with van der Waals surface area (Å²) < 4.78 is 38.5. The van der Waals surface area contributed by atoms with E-state index in [0.717, 1.165) is 0 Å². The molecule has 1 aromatic carbocycles. The van der Waals surface area contributed by atoms with Crippen LogP contribution in [0.1, 0.15) is 11.5 Å². The van der Waals surface area contributed by atoms with Gasteiger partial charge in [0.2, 0.25) is 0 Å². The molecule has 1 aliphatic rings. The summed E-state index contributed by atoms with van der Waals surface area (Å²) >= 11 is 0.596. The maximum absolute atomic E-state index is 12.8. The quantitative estimate of drug-likeness (QED) is 0.761. The molecule has 2 unspecified atom stereocenters. The number of thioether (sulfide) groups is 1. The van der Waals surface area contributed by atoms with Crippen molar-refractivity contribution in [1.29, 1.82) is 5.26 Å². The van der Waals surface area contributed by atoms with Gasteiger partial charge in [-0.1, -0.05) is 36.4 Å². The predicted molar refractivity (Wildman–Crippen MR) is 60.3 cm³/mol. The molecule has 2 atom stereocenters. The molecule has 2 rings (SSSR count). The molecule has 1 aromatic rings. The second kappa shape index (κ2) is 4.46. The Morgan fingerprint density at radius 1 is 1.18 bits per heavy atom. The molecule has 0 N–H and O–H groups in total. The van der Waals surface area contributed by atoms with Crippen LogP contribution < -0.4 is 0 Å². The van der Waals surface area contributed by atoms with E-state index < -0.39 is 17.3 Å². The van der Waals surface area contributed by atoms with Crippen LogP contribution in [0, 0.1) is 11.3 Å². The Bertz CT molecular complexity index is 473. The fourth-order valence-electron chi connectivity index (χ4n) is 1.78. The van der Waals surface area contributed by atoms with Crippen LogP contribution in [0.5, 0.6) is 0 Å². The number of alkyl halides is 3. The predicted octanol–water partition coefficient (Wildman–Crippen LogP) is 3.86. The largest absolute Gasteiger partial charge is 0.401 e. The van der Waals surface area contributed by atoms with Crippen LogP contribution in [0.4, 0.5) is 13.2 Å². The van der Waals surface area contributed by atoms with Gasteiger partial charge in [-0.05, 0) is 5.56 Å². The average Bonchev–Trinajstić information content (AvgIpc) is 2.74. The molecule has 0 aromatic heterocycles. The summed E-state index contributed by atoms with van der Waals surface area (Å²) in [6.07, 6.45) is -2.90. The number of halogens is 3. The van der Waals surface area contributed by atoms with E-state index >= 15 is 0 Å². The lowest BCUT2D eigenvalue weighted by Gasteiger charge is -2.21. The zero-order chi connectivity index (χ0) is 12.5. The highest BCUT2D eigenvalue weighted by Gasteiger charge is 2.48. The van der Waals surface area contributed by atoms with Gasteiger partial charge in [0, 0.05) is 5.92 Å². The molecule has 88 valence electrons. The minimum atomic E-state index is -4.31. The van der Waals surface area contributed by atoms with E-state index in [1.165, 1.54) is 6.08 Å². The number of rotatable bonds is 1. The zero-order valence-electron chi connectivity index (χ0n) is 8.61. The number of allylic oxidation sites excluding steroid dienone is 2. The van der Waals surface area contributed by atoms with Crippen LogP contribution in [0.25, 0.3) is 0 Å². The van der Waals surface area contributed by atoms with Gasteiger partial charge >= 0.3 is 6.18 Å². The highest BCUT2D eigenvalue weighted by molar-refractivity contribution is 8.04. The van der Waals surface area contributed by atoms with Gasteiger partial charge < -0.3 is 0 Å². The molecule has 1 heterocycles. The van der Waals surface area contributed by atoms with Crippen LogP contribution in [-0.4, -0.2) is 11.4 Å². The second-order valence-corrected chi connectivity index (χ2v) is 4.84. The van der Waals surface area contributed by atoms with Crippen molar-refractivity contribution in [3.63, 3.8) is 0 Å². The topological polar surface area (TPSA) is 23.8 Å². The molecule has 17 heavy (non-hydrogen) atoms. The summed E-state index contributed by atoms with van der Waals surface area (Å²) in [5.74, 6) is -0.768. The molecule has 0 fully saturated rings. The number of nitriles is 1. The van der Waals surface area contributed by atoms with Crippen molar-refractivity contribution < 1.29 is 13.2 Å². The summed E-state index contributed by atoms with van der Waals surface area (Å²) in [6.45, 7) is 0. The van der Waals surface area contributed by atoms with Crippen molar-refractivity contribution >= 4 is 11.8 Å². The first-order valence-electron chi connectivity index (χ1n) is 4.92. The Kier molecular flexibility index (Phi) is 3.16. The third-order valence-electron chi connectivity index (χ3n) is 2.53. The molecule has 5 heteroatoms. The molecule has 1 nitrogen and oxygen atoms in total. The van der Waals surface area contributed by atoms with Gasteiger partial charge in [-0.15, -0.1) is 11.8 Å². The third-order valence-corrected chi connectivity index (χ3v) is 3.82. The zero-order valence-corrected chi connectivity index (χ0v) is 9.42. The molecular weight excluding hydrogens is 247 g/mol.